The van der Waals surface area contributed by atoms with E-state index in [2.05, 4.69) is 16.8 Å². The Bertz CT molecular complexity index is 638. The Morgan fingerprint density at radius 1 is 1.35 bits per heavy atom. The van der Waals surface area contributed by atoms with Crippen molar-refractivity contribution in [2.24, 2.45) is 0 Å². The molecule has 3 rings (SSSR count). The van der Waals surface area contributed by atoms with Crippen LogP contribution < -0.4 is 4.74 Å². The summed E-state index contributed by atoms with van der Waals surface area (Å²) in [6.45, 7) is 0. The zero-order valence-corrected chi connectivity index (χ0v) is 12.3. The lowest BCUT2D eigenvalue weighted by Gasteiger charge is -2.17. The Hall–Kier alpha value is -1.88. The molecule has 1 atom stereocenters. The Balaban J connectivity index is 1.88. The minimum absolute atomic E-state index is 0.120. The summed E-state index contributed by atoms with van der Waals surface area (Å²) in [5.41, 5.74) is 2.19. The number of benzene rings is 1. The highest BCUT2D eigenvalue weighted by molar-refractivity contribution is 8.00. The third kappa shape index (κ3) is 2.29. The summed E-state index contributed by atoms with van der Waals surface area (Å²) in [6, 6.07) is 9.97. The molecule has 104 valence electrons. The predicted molar refractivity (Wildman–Crippen MR) is 80.3 cm³/mol. The highest BCUT2D eigenvalue weighted by Gasteiger charge is 2.30. The van der Waals surface area contributed by atoms with E-state index in [1.807, 2.05) is 37.5 Å². The van der Waals surface area contributed by atoms with Crippen molar-refractivity contribution in [1.82, 2.24) is 9.47 Å². The van der Waals surface area contributed by atoms with Crippen molar-refractivity contribution in [1.29, 1.82) is 0 Å². The fraction of sp³-hybridized carbons (Fsp3) is 0.267. The quantitative estimate of drug-likeness (QED) is 0.871. The molecule has 20 heavy (non-hydrogen) atoms. The molecule has 1 fully saturated rings. The van der Waals surface area contributed by atoms with E-state index in [0.29, 0.717) is 5.75 Å². The van der Waals surface area contributed by atoms with Crippen molar-refractivity contribution in [3.8, 4) is 11.4 Å². The van der Waals surface area contributed by atoms with E-state index in [1.54, 1.807) is 23.8 Å². The number of carbonyl (C=O) groups excluding carboxylic acids is 1. The van der Waals surface area contributed by atoms with Crippen LogP contribution >= 0.6 is 11.8 Å². The first-order chi connectivity index (χ1) is 9.69. The van der Waals surface area contributed by atoms with E-state index >= 15 is 0 Å². The summed E-state index contributed by atoms with van der Waals surface area (Å²) in [5.74, 6) is 1.58. The molecule has 1 unspecified atom stereocenters. The van der Waals surface area contributed by atoms with Crippen molar-refractivity contribution < 1.29 is 9.53 Å². The van der Waals surface area contributed by atoms with Gasteiger partial charge in [0.2, 0.25) is 5.91 Å². The SMILES string of the molecule is COc1cccc(-n2ccc(C3SCC(=O)N3C)c2)c1. The number of amides is 1. The Morgan fingerprint density at radius 3 is 2.90 bits per heavy atom. The molecule has 5 heteroatoms. The highest BCUT2D eigenvalue weighted by Crippen LogP contribution is 2.37. The van der Waals surface area contributed by atoms with E-state index < -0.39 is 0 Å². The first kappa shape index (κ1) is 13.1. The number of methoxy groups -OCH3 is 1. The normalized spacial score (nSPS) is 18.6. The number of hydrogen-bond donors (Lipinski definition) is 0. The van der Waals surface area contributed by atoms with Gasteiger partial charge in [-0.15, -0.1) is 11.8 Å². The lowest BCUT2D eigenvalue weighted by Crippen LogP contribution is -2.22. The fourth-order valence-corrected chi connectivity index (χ4v) is 3.48. The molecule has 0 saturated carbocycles. The average Bonchev–Trinajstić information content (AvgIpc) is 3.07. The van der Waals surface area contributed by atoms with Gasteiger partial charge in [-0.25, -0.2) is 0 Å². The molecule has 0 spiro atoms. The van der Waals surface area contributed by atoms with Gasteiger partial charge in [0.1, 0.15) is 11.1 Å². The molecule has 1 aliphatic rings. The van der Waals surface area contributed by atoms with Gasteiger partial charge >= 0.3 is 0 Å². The van der Waals surface area contributed by atoms with Crippen LogP contribution in [0.4, 0.5) is 0 Å². The minimum atomic E-state index is 0.120. The van der Waals surface area contributed by atoms with E-state index in [4.69, 9.17) is 4.74 Å². The molecular formula is C15H16N2O2S. The molecule has 0 aliphatic carbocycles. The van der Waals surface area contributed by atoms with Crippen LogP contribution in [0.2, 0.25) is 0 Å². The summed E-state index contributed by atoms with van der Waals surface area (Å²) in [7, 11) is 3.52. The largest absolute Gasteiger partial charge is 0.497 e. The van der Waals surface area contributed by atoms with Crippen molar-refractivity contribution in [2.45, 2.75) is 5.37 Å². The van der Waals surface area contributed by atoms with E-state index in [1.165, 1.54) is 0 Å². The lowest BCUT2D eigenvalue weighted by molar-refractivity contribution is -0.126. The summed E-state index contributed by atoms with van der Waals surface area (Å²) in [4.78, 5) is 13.4. The number of aromatic nitrogens is 1. The first-order valence-corrected chi connectivity index (χ1v) is 7.43. The van der Waals surface area contributed by atoms with Crippen LogP contribution in [0.15, 0.2) is 42.7 Å². The molecule has 2 heterocycles. The number of nitrogens with zero attached hydrogens (tertiary/aromatic N) is 2. The highest BCUT2D eigenvalue weighted by atomic mass is 32.2. The molecule has 0 radical (unpaired) electrons. The second-order valence-electron chi connectivity index (χ2n) is 4.72. The third-order valence-electron chi connectivity index (χ3n) is 3.46. The zero-order valence-electron chi connectivity index (χ0n) is 11.4. The number of hydrogen-bond acceptors (Lipinski definition) is 3. The topological polar surface area (TPSA) is 34.5 Å². The average molecular weight is 288 g/mol. The molecule has 0 bridgehead atoms. The predicted octanol–water partition coefficient (Wildman–Crippen LogP) is 2.69. The molecule has 0 N–H and O–H groups in total. The molecule has 2 aromatic rings. The molecular weight excluding hydrogens is 272 g/mol. The monoisotopic (exact) mass is 288 g/mol. The molecule has 1 aromatic carbocycles. The Labute approximate surface area is 122 Å². The molecule has 4 nitrogen and oxygen atoms in total. The van der Waals surface area contributed by atoms with Crippen molar-refractivity contribution in [3.63, 3.8) is 0 Å². The van der Waals surface area contributed by atoms with E-state index in [0.717, 1.165) is 17.0 Å². The molecule has 1 aliphatic heterocycles. The maximum Gasteiger partial charge on any atom is 0.233 e. The lowest BCUT2D eigenvalue weighted by atomic mass is 10.3. The van der Waals surface area contributed by atoms with Gasteiger partial charge in [-0.2, -0.15) is 0 Å². The third-order valence-corrected chi connectivity index (χ3v) is 4.78. The van der Waals surface area contributed by atoms with E-state index in [-0.39, 0.29) is 11.3 Å². The summed E-state index contributed by atoms with van der Waals surface area (Å²) < 4.78 is 7.29. The molecule has 1 amide bonds. The maximum absolute atomic E-state index is 11.6. The summed E-state index contributed by atoms with van der Waals surface area (Å²) in [6.07, 6.45) is 4.09. The smallest absolute Gasteiger partial charge is 0.233 e. The van der Waals surface area contributed by atoms with Crippen LogP contribution in [-0.4, -0.2) is 35.3 Å². The summed E-state index contributed by atoms with van der Waals surface area (Å²) >= 11 is 1.67. The second-order valence-corrected chi connectivity index (χ2v) is 5.79. The number of thioether (sulfide) groups is 1. The second kappa shape index (κ2) is 5.25. The number of carbonyl (C=O) groups is 1. The Morgan fingerprint density at radius 2 is 2.20 bits per heavy atom. The summed E-state index contributed by atoms with van der Waals surface area (Å²) in [5, 5.41) is 0.120. The van der Waals surface area contributed by atoms with Crippen LogP contribution in [0, 0.1) is 0 Å². The van der Waals surface area contributed by atoms with Crippen LogP contribution in [-0.2, 0) is 4.79 Å². The maximum atomic E-state index is 11.6. The van der Waals surface area contributed by atoms with E-state index in [9.17, 15) is 4.79 Å². The van der Waals surface area contributed by atoms with Crippen LogP contribution in [0.1, 0.15) is 10.9 Å². The van der Waals surface area contributed by atoms with Gasteiger partial charge < -0.3 is 14.2 Å². The van der Waals surface area contributed by atoms with Gasteiger partial charge in [0.15, 0.2) is 0 Å². The van der Waals surface area contributed by atoms with Gasteiger partial charge in [0, 0.05) is 36.8 Å². The van der Waals surface area contributed by atoms with Crippen molar-refractivity contribution >= 4 is 17.7 Å². The van der Waals surface area contributed by atoms with Crippen LogP contribution in [0.25, 0.3) is 5.69 Å². The van der Waals surface area contributed by atoms with Crippen LogP contribution in [0.5, 0.6) is 5.75 Å². The first-order valence-electron chi connectivity index (χ1n) is 6.38. The van der Waals surface area contributed by atoms with Gasteiger partial charge in [0.25, 0.3) is 0 Å². The van der Waals surface area contributed by atoms with Crippen molar-refractivity contribution in [3.05, 3.63) is 48.3 Å². The van der Waals surface area contributed by atoms with Gasteiger partial charge in [-0.1, -0.05) is 6.07 Å². The van der Waals surface area contributed by atoms with Gasteiger partial charge in [0.05, 0.1) is 12.9 Å². The van der Waals surface area contributed by atoms with Gasteiger partial charge in [-0.3, -0.25) is 4.79 Å². The van der Waals surface area contributed by atoms with Crippen LogP contribution in [0.3, 0.4) is 0 Å². The standard InChI is InChI=1S/C15H16N2O2S/c1-16-14(18)10-20-15(16)11-6-7-17(9-11)12-4-3-5-13(8-12)19-2/h3-9,15H,10H2,1-2H3. The van der Waals surface area contributed by atoms with Gasteiger partial charge in [-0.05, 0) is 18.2 Å². The fourth-order valence-electron chi connectivity index (χ4n) is 2.31. The molecule has 1 saturated heterocycles. The Kier molecular flexibility index (Phi) is 3.44. The van der Waals surface area contributed by atoms with Crippen molar-refractivity contribution in [2.75, 3.05) is 19.9 Å². The number of ether oxygens (including phenoxy) is 1. The number of rotatable bonds is 3. The minimum Gasteiger partial charge on any atom is -0.497 e. The zero-order chi connectivity index (χ0) is 14.1. The molecule has 1 aromatic heterocycles.